The predicted molar refractivity (Wildman–Crippen MR) is 148 cm³/mol. The lowest BCUT2D eigenvalue weighted by Crippen LogP contribution is -1.97. The van der Waals surface area contributed by atoms with Gasteiger partial charge in [-0.05, 0) is 48.5 Å². The summed E-state index contributed by atoms with van der Waals surface area (Å²) in [5.74, 6) is 1.23. The topological polar surface area (TPSA) is 109 Å². The smallest absolute Gasteiger partial charge is 0.271 e. The van der Waals surface area contributed by atoms with Crippen LogP contribution in [0.4, 0.5) is 5.69 Å². The zero-order chi connectivity index (χ0) is 26.8. The van der Waals surface area contributed by atoms with E-state index < -0.39 is 4.92 Å². The van der Waals surface area contributed by atoms with Crippen LogP contribution in [0.15, 0.2) is 103 Å². The summed E-state index contributed by atoms with van der Waals surface area (Å²) in [6.07, 6.45) is 1.67. The molecule has 10 heteroatoms. The molecule has 0 radical (unpaired) electrons. The van der Waals surface area contributed by atoms with Gasteiger partial charge in [0.25, 0.3) is 5.69 Å². The van der Waals surface area contributed by atoms with E-state index in [0.717, 1.165) is 27.7 Å². The van der Waals surface area contributed by atoms with Gasteiger partial charge < -0.3 is 4.74 Å². The minimum absolute atomic E-state index is 0.0176. The van der Waals surface area contributed by atoms with Crippen LogP contribution in [0, 0.1) is 10.1 Å². The molecule has 0 atom stereocenters. The van der Waals surface area contributed by atoms with Crippen LogP contribution in [0.1, 0.15) is 5.69 Å². The van der Waals surface area contributed by atoms with E-state index in [-0.39, 0.29) is 12.3 Å². The maximum absolute atomic E-state index is 11.0. The molecule has 0 saturated carbocycles. The number of ether oxygens (including phenoxy) is 1. The first-order valence-electron chi connectivity index (χ1n) is 12.0. The molecule has 0 saturated heterocycles. The minimum atomic E-state index is -0.449. The van der Waals surface area contributed by atoms with Crippen molar-refractivity contribution in [1.82, 2.24) is 25.0 Å². The molecule has 0 fully saturated rings. The molecule has 0 N–H and O–H groups in total. The average Bonchev–Trinajstić information content (AvgIpc) is 3.45. The van der Waals surface area contributed by atoms with E-state index in [1.54, 1.807) is 18.3 Å². The number of hydrogen-bond donors (Lipinski definition) is 0. The lowest BCUT2D eigenvalue weighted by Gasteiger charge is -2.10. The lowest BCUT2D eigenvalue weighted by molar-refractivity contribution is -0.384. The predicted octanol–water partition coefficient (Wildman–Crippen LogP) is 6.69. The molecule has 6 rings (SSSR count). The Kier molecular flexibility index (Phi) is 6.40. The van der Waals surface area contributed by atoms with Crippen LogP contribution in [-0.2, 0) is 6.61 Å². The standard InChI is InChI=1S/C29H19ClN6O3/c30-21-11-14-27-26(15-21)28(19-5-2-1-3-6-19)32-29(31-27)20-9-12-25(13-10-20)39-18-22-17-35(34-33-22)23-7-4-8-24(16-23)36(37)38/h1-17H,18H2. The molecule has 4 aromatic carbocycles. The van der Waals surface area contributed by atoms with Gasteiger partial charge in [-0.2, -0.15) is 0 Å². The number of halogens is 1. The molecule has 0 amide bonds. The molecule has 0 spiro atoms. The van der Waals surface area contributed by atoms with Gasteiger partial charge in [-0.25, -0.2) is 14.6 Å². The quantitative estimate of drug-likeness (QED) is 0.166. The second kappa shape index (κ2) is 10.3. The summed E-state index contributed by atoms with van der Waals surface area (Å²) in [6.45, 7) is 0.180. The lowest BCUT2D eigenvalue weighted by atomic mass is 10.1. The van der Waals surface area contributed by atoms with Crippen molar-refractivity contribution in [3.63, 3.8) is 0 Å². The third-order valence-electron chi connectivity index (χ3n) is 6.05. The van der Waals surface area contributed by atoms with Crippen LogP contribution < -0.4 is 4.74 Å². The van der Waals surface area contributed by atoms with E-state index in [0.29, 0.717) is 28.0 Å². The maximum Gasteiger partial charge on any atom is 0.271 e. The van der Waals surface area contributed by atoms with Crippen LogP contribution in [0.25, 0.3) is 39.2 Å². The third-order valence-corrected chi connectivity index (χ3v) is 6.29. The molecule has 6 aromatic rings. The van der Waals surface area contributed by atoms with Gasteiger partial charge in [0.1, 0.15) is 18.1 Å². The highest BCUT2D eigenvalue weighted by Crippen LogP contribution is 2.31. The fourth-order valence-electron chi connectivity index (χ4n) is 4.14. The van der Waals surface area contributed by atoms with Gasteiger partial charge in [-0.1, -0.05) is 53.2 Å². The Hall–Kier alpha value is -5.15. The monoisotopic (exact) mass is 534 g/mol. The second-order valence-corrected chi connectivity index (χ2v) is 9.10. The van der Waals surface area contributed by atoms with Crippen LogP contribution in [0.3, 0.4) is 0 Å². The van der Waals surface area contributed by atoms with E-state index in [9.17, 15) is 10.1 Å². The second-order valence-electron chi connectivity index (χ2n) is 8.67. The Labute approximate surface area is 227 Å². The highest BCUT2D eigenvalue weighted by atomic mass is 35.5. The summed E-state index contributed by atoms with van der Waals surface area (Å²) < 4.78 is 7.37. The largest absolute Gasteiger partial charge is 0.487 e. The van der Waals surface area contributed by atoms with Gasteiger partial charge in [0.15, 0.2) is 5.82 Å². The van der Waals surface area contributed by atoms with Crippen molar-refractivity contribution in [1.29, 1.82) is 0 Å². The van der Waals surface area contributed by atoms with E-state index in [1.165, 1.54) is 16.8 Å². The van der Waals surface area contributed by atoms with Crippen LogP contribution in [0.2, 0.25) is 5.02 Å². The zero-order valence-corrected chi connectivity index (χ0v) is 21.1. The Morgan fingerprint density at radius 3 is 2.49 bits per heavy atom. The fourth-order valence-corrected chi connectivity index (χ4v) is 4.32. The number of non-ortho nitro benzene ring substituents is 1. The van der Waals surface area contributed by atoms with Crippen LogP contribution >= 0.6 is 11.6 Å². The van der Waals surface area contributed by atoms with E-state index in [2.05, 4.69) is 10.3 Å². The molecule has 190 valence electrons. The summed E-state index contributed by atoms with van der Waals surface area (Å²) in [5.41, 5.74) is 4.53. The van der Waals surface area contributed by atoms with Gasteiger partial charge in [0.05, 0.1) is 28.0 Å². The average molecular weight is 535 g/mol. The highest BCUT2D eigenvalue weighted by molar-refractivity contribution is 6.31. The first-order chi connectivity index (χ1) is 19.0. The number of benzene rings is 4. The van der Waals surface area contributed by atoms with Gasteiger partial charge >= 0.3 is 0 Å². The molecule has 39 heavy (non-hydrogen) atoms. The molecule has 2 aromatic heterocycles. The number of nitro groups is 1. The van der Waals surface area contributed by atoms with Crippen molar-refractivity contribution in [3.8, 4) is 34.1 Å². The van der Waals surface area contributed by atoms with Crippen LogP contribution in [0.5, 0.6) is 5.75 Å². The Balaban J connectivity index is 1.21. The molecule has 0 unspecified atom stereocenters. The van der Waals surface area contributed by atoms with Gasteiger partial charge in [0, 0.05) is 33.7 Å². The van der Waals surface area contributed by atoms with Crippen molar-refractivity contribution in [3.05, 3.63) is 124 Å². The summed E-state index contributed by atoms with van der Waals surface area (Å²) in [7, 11) is 0. The summed E-state index contributed by atoms with van der Waals surface area (Å²) in [6, 6.07) is 29.2. The van der Waals surface area contributed by atoms with Crippen molar-refractivity contribution in [2.45, 2.75) is 6.61 Å². The number of aromatic nitrogens is 5. The third kappa shape index (κ3) is 5.16. The first kappa shape index (κ1) is 24.2. The van der Waals surface area contributed by atoms with Crippen LogP contribution in [-0.4, -0.2) is 29.9 Å². The zero-order valence-electron chi connectivity index (χ0n) is 20.3. The first-order valence-corrected chi connectivity index (χ1v) is 12.3. The number of hydrogen-bond acceptors (Lipinski definition) is 7. The summed E-state index contributed by atoms with van der Waals surface area (Å²) in [4.78, 5) is 20.2. The highest BCUT2D eigenvalue weighted by Gasteiger charge is 2.13. The molecule has 0 aliphatic carbocycles. The number of nitrogens with zero attached hydrogens (tertiary/aromatic N) is 6. The SMILES string of the molecule is O=[N+]([O-])c1cccc(-n2cc(COc3ccc(-c4nc(-c5ccccc5)c5cc(Cl)ccc5n4)cc3)nn2)c1. The fraction of sp³-hybridized carbons (Fsp3) is 0.0345. The Bertz CT molecular complexity index is 1810. The molecule has 9 nitrogen and oxygen atoms in total. The van der Waals surface area contributed by atoms with Gasteiger partial charge in [-0.3, -0.25) is 10.1 Å². The number of fused-ring (bicyclic) bond motifs is 1. The summed E-state index contributed by atoms with van der Waals surface area (Å²) in [5, 5.41) is 20.7. The molecule has 2 heterocycles. The molecule has 0 aliphatic rings. The van der Waals surface area contributed by atoms with Crippen molar-refractivity contribution in [2.24, 2.45) is 0 Å². The number of nitro benzene ring substituents is 1. The van der Waals surface area contributed by atoms with Crippen molar-refractivity contribution in [2.75, 3.05) is 0 Å². The van der Waals surface area contributed by atoms with Gasteiger partial charge in [0.2, 0.25) is 0 Å². The maximum atomic E-state index is 11.0. The Morgan fingerprint density at radius 2 is 1.69 bits per heavy atom. The molecular formula is C29H19ClN6O3. The molecular weight excluding hydrogens is 516 g/mol. The number of rotatable bonds is 7. The van der Waals surface area contributed by atoms with Gasteiger partial charge in [-0.15, -0.1) is 5.10 Å². The molecule has 0 bridgehead atoms. The van der Waals surface area contributed by atoms with Crippen molar-refractivity contribution >= 4 is 28.2 Å². The van der Waals surface area contributed by atoms with E-state index >= 15 is 0 Å². The molecule has 0 aliphatic heterocycles. The Morgan fingerprint density at radius 1 is 0.872 bits per heavy atom. The van der Waals surface area contributed by atoms with Crippen molar-refractivity contribution < 1.29 is 9.66 Å². The summed E-state index contributed by atoms with van der Waals surface area (Å²) >= 11 is 6.27. The van der Waals surface area contributed by atoms with E-state index in [4.69, 9.17) is 26.3 Å². The van der Waals surface area contributed by atoms with E-state index in [1.807, 2.05) is 72.8 Å². The normalized spacial score (nSPS) is 11.0. The minimum Gasteiger partial charge on any atom is -0.487 e.